The fraction of sp³-hybridized carbons (Fsp3) is 0.833. The van der Waals surface area contributed by atoms with E-state index < -0.39 is 6.51 Å². The maximum atomic E-state index is 10.7. The summed E-state index contributed by atoms with van der Waals surface area (Å²) in [5, 5.41) is 10.7. The Balaban J connectivity index is 1.63. The van der Waals surface area contributed by atoms with Gasteiger partial charge in [-0.15, -0.1) is 0 Å². The van der Waals surface area contributed by atoms with Crippen molar-refractivity contribution >= 4 is 0 Å². The van der Waals surface area contributed by atoms with Crippen molar-refractivity contribution in [3.8, 4) is 0 Å². The summed E-state index contributed by atoms with van der Waals surface area (Å²) in [6.45, 7) is -3.00. The Morgan fingerprint density at radius 1 is 1.00 bits per heavy atom. The van der Waals surface area contributed by atoms with Crippen molar-refractivity contribution in [2.45, 2.75) is 47.7 Å². The molecule has 0 saturated carbocycles. The molecule has 0 bridgehead atoms. The second-order valence-corrected chi connectivity index (χ2v) is 33.9. The molecule has 0 N–H and O–H groups in total. The molecule has 0 aromatic heterocycles. The van der Waals surface area contributed by atoms with Gasteiger partial charge in [0.25, 0.3) is 0 Å². The number of nitrogens with zero attached hydrogens (tertiary/aromatic N) is 1. The zero-order valence-electron chi connectivity index (χ0n) is 8.47. The van der Waals surface area contributed by atoms with Gasteiger partial charge < -0.3 is 0 Å². The van der Waals surface area contributed by atoms with Crippen molar-refractivity contribution in [1.29, 1.82) is 0 Å². The van der Waals surface area contributed by atoms with Crippen LogP contribution in [0, 0.1) is 10.1 Å². The van der Waals surface area contributed by atoms with E-state index in [-0.39, 0.29) is 4.92 Å². The monoisotopic (exact) mass is 257 g/mol. The van der Waals surface area contributed by atoms with Crippen LogP contribution in [0.5, 0.6) is 0 Å². The van der Waals surface area contributed by atoms with Crippen LogP contribution in [0.1, 0.15) is 0 Å². The topological polar surface area (TPSA) is 43.1 Å². The molecule has 10 saturated heterocycles. The first-order valence-electron chi connectivity index (χ1n) is 6.50. The van der Waals surface area contributed by atoms with Gasteiger partial charge in [-0.3, -0.25) is 0 Å². The first-order chi connectivity index (χ1) is 7.46. The minimum atomic E-state index is -3.00. The van der Waals surface area contributed by atoms with Crippen molar-refractivity contribution in [1.82, 2.24) is 0 Å². The van der Waals surface area contributed by atoms with E-state index in [1.807, 2.05) is 0 Å². The summed E-state index contributed by atoms with van der Waals surface area (Å²) in [4.78, 5) is 21.7. The molecule has 16 heavy (non-hydrogen) atoms. The molecule has 4 atom stereocenters. The van der Waals surface area contributed by atoms with Gasteiger partial charge in [0, 0.05) is 0 Å². The molecule has 4 unspecified atom stereocenters. The van der Waals surface area contributed by atoms with E-state index in [0.717, 1.165) is 9.63 Å². The standard InChI is InChI=1S/C7H6NO2.C5H5.Fe/c9-8(10)6-5-7-3-1-2-4-7;1-2-4-5-3-1;/h1-6H;1-5H;. The first-order valence-corrected chi connectivity index (χ1v) is 12.8. The molecule has 1 spiro atoms. The maximum absolute atomic E-state index is 10.7. The minimum absolute atomic E-state index is 0.202. The summed E-state index contributed by atoms with van der Waals surface area (Å²) >= 11 is 0. The van der Waals surface area contributed by atoms with Gasteiger partial charge in [-0.2, -0.15) is 0 Å². The van der Waals surface area contributed by atoms with Crippen LogP contribution in [-0.4, -0.2) is 4.92 Å². The molecule has 0 radical (unpaired) electrons. The summed E-state index contributed by atoms with van der Waals surface area (Å²) in [7, 11) is 0. The second kappa shape index (κ2) is 0.400. The van der Waals surface area contributed by atoms with Gasteiger partial charge in [-0.25, -0.2) is 0 Å². The summed E-state index contributed by atoms with van der Waals surface area (Å²) < 4.78 is 0.603. The van der Waals surface area contributed by atoms with Crippen LogP contribution < -0.4 is 0 Å². The Hall–Kier alpha value is -0.341. The van der Waals surface area contributed by atoms with E-state index in [9.17, 15) is 10.1 Å². The van der Waals surface area contributed by atoms with Gasteiger partial charge in [0.15, 0.2) is 0 Å². The van der Waals surface area contributed by atoms with Crippen molar-refractivity contribution in [3.05, 3.63) is 22.4 Å². The predicted molar refractivity (Wildman–Crippen MR) is 52.6 cm³/mol. The molecule has 84 valence electrons. The van der Waals surface area contributed by atoms with Gasteiger partial charge in [0.05, 0.1) is 0 Å². The van der Waals surface area contributed by atoms with E-state index in [1.165, 1.54) is 39.9 Å². The Kier molecular flexibility index (Phi) is 0.138. The third-order valence-electron chi connectivity index (χ3n) is 15.2. The second-order valence-electron chi connectivity index (χ2n) is 10.3. The average Bonchev–Trinajstić information content (AvgIpc) is 3.20. The van der Waals surface area contributed by atoms with Crippen LogP contribution >= 0.6 is 0 Å². The molecule has 10 fully saturated rings. The van der Waals surface area contributed by atoms with Crippen molar-refractivity contribution in [3.63, 3.8) is 0 Å². The molecule has 3 nitrogen and oxygen atoms in total. The molecule has 0 aromatic rings. The van der Waals surface area contributed by atoms with Crippen LogP contribution in [0.25, 0.3) is 0 Å². The number of fused-ring (bicyclic) bond motifs is 10. The molecular formula is C12H11FeNO2. The molecule has 10 heterocycles. The molecule has 4 heteroatoms. The fourth-order valence-electron chi connectivity index (χ4n) is 17.0. The molecule has 0 aliphatic carbocycles. The number of allylic oxidation sites excluding steroid dienone is 1. The predicted octanol–water partition coefficient (Wildman–Crippen LogP) is 3.54. The molecular weight excluding hydrogens is 246 g/mol. The average molecular weight is 257 g/mol. The summed E-state index contributed by atoms with van der Waals surface area (Å²) in [5.74, 6) is 0. The molecule has 10 aliphatic heterocycles. The zero-order chi connectivity index (χ0) is 10.0. The number of hydrogen-bond donors (Lipinski definition) is 0. The number of rotatable bonds is 2. The van der Waals surface area contributed by atoms with E-state index in [1.54, 1.807) is 0 Å². The molecule has 0 amide bonds. The Morgan fingerprint density at radius 2 is 1.50 bits per heavy atom. The van der Waals surface area contributed by atoms with Gasteiger partial charge in [0.1, 0.15) is 0 Å². The van der Waals surface area contributed by atoms with Crippen molar-refractivity contribution < 1.29 is 11.4 Å². The van der Waals surface area contributed by atoms with Gasteiger partial charge in [-0.05, 0) is 0 Å². The fourth-order valence-corrected chi connectivity index (χ4v) is 90.8. The van der Waals surface area contributed by atoms with E-state index in [2.05, 4.69) is 6.08 Å². The summed E-state index contributed by atoms with van der Waals surface area (Å²) in [5.41, 5.74) is 0. The Labute approximate surface area is 81.7 Å². The van der Waals surface area contributed by atoms with Gasteiger partial charge >= 0.3 is 81.5 Å². The molecule has 10 rings (SSSR count). The quantitative estimate of drug-likeness (QED) is 0.431. The van der Waals surface area contributed by atoms with Gasteiger partial charge in [0.2, 0.25) is 0 Å². The van der Waals surface area contributed by atoms with E-state index in [0.29, 0.717) is 4.31 Å². The van der Waals surface area contributed by atoms with Crippen LogP contribution in [0.4, 0.5) is 0 Å². The molecule has 0 aromatic carbocycles. The first kappa shape index (κ1) is 5.53. The van der Waals surface area contributed by atoms with Gasteiger partial charge in [-0.1, -0.05) is 0 Å². The summed E-state index contributed by atoms with van der Waals surface area (Å²) in [6.07, 6.45) is 3.54. The third kappa shape index (κ3) is 0.0458. The third-order valence-corrected chi connectivity index (χ3v) is 57.7. The normalized spacial score (nSPS) is 126. The van der Waals surface area contributed by atoms with Crippen molar-refractivity contribution in [2.75, 3.05) is 0 Å². The summed E-state index contributed by atoms with van der Waals surface area (Å²) in [6, 6.07) is 0. The Morgan fingerprint density at radius 3 is 1.75 bits per heavy atom. The SMILES string of the molecule is O=[N+]([O-])C=C[C]12[CH]3[CH]4[CH]5[CH]1[Fe]45321678[CH]2[CH]1[CH]6[CH]7[CH]28. The van der Waals surface area contributed by atoms with E-state index >= 15 is 0 Å². The zero-order valence-corrected chi connectivity index (χ0v) is 9.57. The van der Waals surface area contributed by atoms with E-state index in [4.69, 9.17) is 0 Å². The van der Waals surface area contributed by atoms with Crippen LogP contribution in [0.15, 0.2) is 12.3 Å². The molecule has 10 aliphatic rings. The Bertz CT molecular complexity index is 928. The number of nitro groups is 1. The van der Waals surface area contributed by atoms with Crippen molar-refractivity contribution in [2.24, 2.45) is 0 Å². The van der Waals surface area contributed by atoms with Crippen LogP contribution in [0.3, 0.4) is 0 Å². The van der Waals surface area contributed by atoms with Crippen LogP contribution in [-0.2, 0) is 6.51 Å². The van der Waals surface area contributed by atoms with Crippen LogP contribution in [0.2, 0.25) is 47.7 Å². The number of hydrogen-bond acceptors (Lipinski definition) is 2.